The van der Waals surface area contributed by atoms with E-state index in [9.17, 15) is 4.79 Å². The zero-order valence-corrected chi connectivity index (χ0v) is 12.5. The molecule has 0 unspecified atom stereocenters. The van der Waals surface area contributed by atoms with Crippen molar-refractivity contribution in [3.05, 3.63) is 29.3 Å². The van der Waals surface area contributed by atoms with Crippen molar-refractivity contribution in [3.8, 4) is 0 Å². The lowest BCUT2D eigenvalue weighted by Crippen LogP contribution is -2.47. The lowest BCUT2D eigenvalue weighted by molar-refractivity contribution is -0.122. The van der Waals surface area contributed by atoms with E-state index in [0.717, 1.165) is 16.0 Å². The fourth-order valence-electron chi connectivity index (χ4n) is 2.66. The Kier molecular flexibility index (Phi) is 2.81. The van der Waals surface area contributed by atoms with Gasteiger partial charge in [0.2, 0.25) is 5.91 Å². The maximum absolute atomic E-state index is 13.1. The van der Waals surface area contributed by atoms with Crippen molar-refractivity contribution in [2.75, 3.05) is 18.4 Å². The molecule has 0 bridgehead atoms. The summed E-state index contributed by atoms with van der Waals surface area (Å²) in [4.78, 5) is 14.0. The van der Waals surface area contributed by atoms with Crippen molar-refractivity contribution >= 4 is 11.6 Å². The fourth-order valence-corrected chi connectivity index (χ4v) is 2.66. The molecule has 0 spiro atoms. The number of nitrogens with zero attached hydrogens (tertiary/aromatic N) is 1. The van der Waals surface area contributed by atoms with Crippen molar-refractivity contribution in [1.29, 1.82) is 0 Å². The molecular formula is C18H28N2O. The van der Waals surface area contributed by atoms with E-state index in [-0.39, 0.29) is 13.0 Å². The molecule has 0 aromatic heterocycles. The maximum atomic E-state index is 13.1. The summed E-state index contributed by atoms with van der Waals surface area (Å²) < 4.78 is 70.8. The Morgan fingerprint density at radius 3 is 2.90 bits per heavy atom. The highest BCUT2D eigenvalue weighted by Gasteiger charge is 2.28. The lowest BCUT2D eigenvalue weighted by Gasteiger charge is -2.34. The number of amides is 1. The van der Waals surface area contributed by atoms with Gasteiger partial charge in [-0.1, -0.05) is 37.8 Å². The number of aryl methyl sites for hydroxylation is 2. The highest BCUT2D eigenvalue weighted by molar-refractivity contribution is 5.96. The average Bonchev–Trinajstić information content (AvgIpc) is 2.63. The van der Waals surface area contributed by atoms with Crippen LogP contribution >= 0.6 is 0 Å². The van der Waals surface area contributed by atoms with Gasteiger partial charge in [-0.3, -0.25) is 9.69 Å². The molecule has 1 atom stereocenters. The molecule has 116 valence electrons. The van der Waals surface area contributed by atoms with Crippen LogP contribution in [0.15, 0.2) is 18.2 Å². The van der Waals surface area contributed by atoms with E-state index in [0.29, 0.717) is 18.5 Å². The minimum Gasteiger partial charge on any atom is -0.324 e. The van der Waals surface area contributed by atoms with Gasteiger partial charge in [-0.2, -0.15) is 0 Å². The van der Waals surface area contributed by atoms with Crippen LogP contribution in [0.25, 0.3) is 0 Å². The molecule has 1 aromatic rings. The standard InChI is InChI=1S/C18H28N2O/c1-4-5-12-20-13-7-6-11-16(20)18(21)19-17-14(2)9-8-10-15(17)3/h8-10,16H,4-7,11-13H2,1-3H3,(H,19,21)/t16-/m0/s1/i1D3,4D2,5D2,12D2. The van der Waals surface area contributed by atoms with Gasteiger partial charge < -0.3 is 5.32 Å². The van der Waals surface area contributed by atoms with E-state index in [1.54, 1.807) is 0 Å². The third-order valence-electron chi connectivity index (χ3n) is 3.80. The second kappa shape index (κ2) is 7.60. The van der Waals surface area contributed by atoms with Gasteiger partial charge in [-0.15, -0.1) is 0 Å². The highest BCUT2D eigenvalue weighted by atomic mass is 16.2. The zero-order chi connectivity index (χ0) is 23.1. The third kappa shape index (κ3) is 4.07. The Hall–Kier alpha value is -1.35. The van der Waals surface area contributed by atoms with Gasteiger partial charge in [0.1, 0.15) is 0 Å². The second-order valence-corrected chi connectivity index (χ2v) is 5.32. The Morgan fingerprint density at radius 2 is 2.19 bits per heavy atom. The predicted molar refractivity (Wildman–Crippen MR) is 88.7 cm³/mol. The first-order valence-corrected chi connectivity index (χ1v) is 7.19. The van der Waals surface area contributed by atoms with Crippen LogP contribution in [-0.4, -0.2) is 29.9 Å². The molecule has 1 amide bonds. The molecule has 0 aliphatic carbocycles. The van der Waals surface area contributed by atoms with Crippen LogP contribution in [0, 0.1) is 13.8 Å². The first-order valence-electron chi connectivity index (χ1n) is 11.7. The third-order valence-corrected chi connectivity index (χ3v) is 3.80. The number of anilines is 1. The quantitative estimate of drug-likeness (QED) is 0.894. The summed E-state index contributed by atoms with van der Waals surface area (Å²) in [5, 5.41) is 2.80. The van der Waals surface area contributed by atoms with Crippen LogP contribution in [0.3, 0.4) is 0 Å². The normalized spacial score (nSPS) is 28.5. The number of hydrogen-bond acceptors (Lipinski definition) is 2. The van der Waals surface area contributed by atoms with Crippen LogP contribution in [0.4, 0.5) is 5.69 Å². The van der Waals surface area contributed by atoms with Crippen LogP contribution in [0.5, 0.6) is 0 Å². The number of para-hydroxylation sites is 1. The first-order chi connectivity index (χ1) is 13.6. The molecule has 1 saturated heterocycles. The molecule has 1 aromatic carbocycles. The SMILES string of the molecule is [2H]C([2H])([2H])C([2H])([2H])C([2H])([2H])C([2H])([2H])N1CCCC[C@H]1C(=O)Nc1c(C)cccc1C. The number of carbonyl (C=O) groups excluding carboxylic acids is 1. The van der Waals surface area contributed by atoms with Crippen molar-refractivity contribution in [2.45, 2.75) is 58.7 Å². The minimum absolute atomic E-state index is 0.00836. The van der Waals surface area contributed by atoms with Crippen LogP contribution < -0.4 is 5.32 Å². The van der Waals surface area contributed by atoms with Crippen molar-refractivity contribution in [2.24, 2.45) is 0 Å². The van der Waals surface area contributed by atoms with E-state index in [1.807, 2.05) is 32.0 Å². The summed E-state index contributed by atoms with van der Waals surface area (Å²) in [6, 6.07) is 4.43. The molecule has 21 heavy (non-hydrogen) atoms. The molecule has 0 radical (unpaired) electrons. The molecule has 0 saturated carbocycles. The topological polar surface area (TPSA) is 32.3 Å². The Morgan fingerprint density at radius 1 is 1.43 bits per heavy atom. The zero-order valence-electron chi connectivity index (χ0n) is 21.5. The van der Waals surface area contributed by atoms with Crippen molar-refractivity contribution < 1.29 is 17.1 Å². The average molecular weight is 297 g/mol. The molecular weight excluding hydrogens is 260 g/mol. The summed E-state index contributed by atoms with van der Waals surface area (Å²) in [5.74, 6) is -0.527. The number of benzene rings is 1. The first kappa shape index (κ1) is 7.77. The van der Waals surface area contributed by atoms with E-state index in [4.69, 9.17) is 12.3 Å². The molecule has 1 aliphatic heterocycles. The molecule has 3 nitrogen and oxygen atoms in total. The van der Waals surface area contributed by atoms with Gasteiger partial charge in [0.15, 0.2) is 0 Å². The molecule has 3 heteroatoms. The smallest absolute Gasteiger partial charge is 0.241 e. The number of carbonyl (C=O) groups is 1. The summed E-state index contributed by atoms with van der Waals surface area (Å²) in [7, 11) is 0. The van der Waals surface area contributed by atoms with E-state index in [2.05, 4.69) is 5.32 Å². The molecule has 1 aliphatic rings. The Labute approximate surface area is 141 Å². The van der Waals surface area contributed by atoms with Gasteiger partial charge in [0.05, 0.1) is 6.04 Å². The lowest BCUT2D eigenvalue weighted by atomic mass is 10.00. The number of hydrogen-bond donors (Lipinski definition) is 1. The largest absolute Gasteiger partial charge is 0.324 e. The summed E-state index contributed by atoms with van der Waals surface area (Å²) in [6.45, 7) is -2.76. The maximum Gasteiger partial charge on any atom is 0.241 e. The number of nitrogens with one attached hydrogen (secondary N) is 1. The molecule has 1 N–H and O–H groups in total. The number of piperidine rings is 1. The number of likely N-dealkylation sites (tertiary alicyclic amines) is 1. The van der Waals surface area contributed by atoms with Gasteiger partial charge in [-0.25, -0.2) is 0 Å². The molecule has 1 heterocycles. The van der Waals surface area contributed by atoms with E-state index in [1.165, 1.54) is 0 Å². The van der Waals surface area contributed by atoms with E-state index >= 15 is 0 Å². The van der Waals surface area contributed by atoms with Crippen LogP contribution in [0.1, 0.15) is 62.3 Å². The van der Waals surface area contributed by atoms with E-state index < -0.39 is 38.0 Å². The summed E-state index contributed by atoms with van der Waals surface area (Å²) in [6.07, 6.45) is -5.51. The van der Waals surface area contributed by atoms with Gasteiger partial charge >= 0.3 is 0 Å². The predicted octanol–water partition coefficient (Wildman–Crippen LogP) is 3.90. The Balaban J connectivity index is 2.39. The summed E-state index contributed by atoms with van der Waals surface area (Å²) in [5.41, 5.74) is 2.24. The van der Waals surface area contributed by atoms with Gasteiger partial charge in [0.25, 0.3) is 0 Å². The van der Waals surface area contributed by atoms with Crippen molar-refractivity contribution in [1.82, 2.24) is 4.90 Å². The molecule has 1 fully saturated rings. The van der Waals surface area contributed by atoms with Gasteiger partial charge in [-0.05, 0) is 57.2 Å². The monoisotopic (exact) mass is 297 g/mol. The van der Waals surface area contributed by atoms with Crippen LogP contribution in [0.2, 0.25) is 0 Å². The second-order valence-electron chi connectivity index (χ2n) is 5.32. The minimum atomic E-state index is -3.46. The highest BCUT2D eigenvalue weighted by Crippen LogP contribution is 2.23. The van der Waals surface area contributed by atoms with Crippen molar-refractivity contribution in [3.63, 3.8) is 0 Å². The fraction of sp³-hybridized carbons (Fsp3) is 0.611. The van der Waals surface area contributed by atoms with Gasteiger partial charge in [0, 0.05) is 18.0 Å². The van der Waals surface area contributed by atoms with Crippen LogP contribution in [-0.2, 0) is 4.79 Å². The molecule has 2 rings (SSSR count). The Bertz CT molecular complexity index is 772. The summed E-state index contributed by atoms with van der Waals surface area (Å²) >= 11 is 0. The number of rotatable bonds is 5.